The van der Waals surface area contributed by atoms with Crippen molar-refractivity contribution in [3.05, 3.63) is 38.8 Å². The third kappa shape index (κ3) is 3.66. The highest BCUT2D eigenvalue weighted by Crippen LogP contribution is 2.32. The molecular weight excluding hydrogens is 290 g/mol. The van der Waals surface area contributed by atoms with Crippen molar-refractivity contribution in [2.75, 3.05) is 23.8 Å². The number of anilines is 2. The highest BCUT2D eigenvalue weighted by atomic mass is 32.1. The van der Waals surface area contributed by atoms with Gasteiger partial charge in [-0.2, -0.15) is 0 Å². The molecule has 0 spiro atoms. The number of hydrogen-bond acceptors (Lipinski definition) is 7. The van der Waals surface area contributed by atoms with Crippen molar-refractivity contribution in [2.45, 2.75) is 19.9 Å². The molecule has 0 atom stereocenters. The van der Waals surface area contributed by atoms with Crippen LogP contribution in [0.1, 0.15) is 18.2 Å². The van der Waals surface area contributed by atoms with Crippen molar-refractivity contribution in [3.63, 3.8) is 0 Å². The van der Waals surface area contributed by atoms with Crippen LogP contribution in [0.25, 0.3) is 0 Å². The van der Waals surface area contributed by atoms with Crippen LogP contribution in [0.4, 0.5) is 17.3 Å². The van der Waals surface area contributed by atoms with Crippen molar-refractivity contribution in [1.82, 2.24) is 9.97 Å². The summed E-state index contributed by atoms with van der Waals surface area (Å²) < 4.78 is 0. The van der Waals surface area contributed by atoms with E-state index in [0.29, 0.717) is 18.9 Å². The summed E-state index contributed by atoms with van der Waals surface area (Å²) in [5, 5.41) is 16.3. The van der Waals surface area contributed by atoms with Crippen LogP contribution in [-0.2, 0) is 6.54 Å². The van der Waals surface area contributed by atoms with Crippen molar-refractivity contribution < 1.29 is 4.92 Å². The Bertz CT molecular complexity index is 603. The number of hydrogen-bond donors (Lipinski definition) is 1. The van der Waals surface area contributed by atoms with Gasteiger partial charge in [0.15, 0.2) is 0 Å². The maximum Gasteiger partial charge on any atom is 0.353 e. The fourth-order valence-corrected chi connectivity index (χ4v) is 2.66. The largest absolute Gasteiger partial charge is 0.364 e. The molecule has 2 rings (SSSR count). The summed E-state index contributed by atoms with van der Waals surface area (Å²) in [5.74, 6) is 0.590. The molecular formula is C13H17N5O2S. The molecule has 0 unspecified atom stereocenters. The van der Waals surface area contributed by atoms with Gasteiger partial charge in [0.05, 0.1) is 11.5 Å². The van der Waals surface area contributed by atoms with Crippen LogP contribution in [0.5, 0.6) is 0 Å². The maximum absolute atomic E-state index is 11.4. The predicted octanol–water partition coefficient (Wildman–Crippen LogP) is 2.90. The van der Waals surface area contributed by atoms with Crippen molar-refractivity contribution in [3.8, 4) is 0 Å². The summed E-state index contributed by atoms with van der Waals surface area (Å²) in [6.07, 6.45) is 2.22. The summed E-state index contributed by atoms with van der Waals surface area (Å²) in [6, 6.07) is 3.95. The first-order valence-corrected chi connectivity index (χ1v) is 7.48. The van der Waals surface area contributed by atoms with Gasteiger partial charge in [-0.1, -0.05) is 13.0 Å². The molecule has 2 heterocycles. The standard InChI is InChI=1S/C13H17N5O2S/c1-3-6-14-12-11(18(19)20)13(16-9-15-12)17(2)8-10-5-4-7-21-10/h4-5,7,9H,3,6,8H2,1-2H3,(H,14,15,16). The molecule has 0 saturated heterocycles. The number of thiophene rings is 1. The lowest BCUT2D eigenvalue weighted by atomic mass is 10.3. The van der Waals surface area contributed by atoms with E-state index in [1.807, 2.05) is 24.4 Å². The van der Waals surface area contributed by atoms with Gasteiger partial charge >= 0.3 is 5.69 Å². The lowest BCUT2D eigenvalue weighted by Crippen LogP contribution is -2.20. The van der Waals surface area contributed by atoms with Crippen LogP contribution < -0.4 is 10.2 Å². The van der Waals surface area contributed by atoms with Gasteiger partial charge in [0.25, 0.3) is 0 Å². The van der Waals surface area contributed by atoms with Crippen LogP contribution in [0.2, 0.25) is 0 Å². The second kappa shape index (κ2) is 6.98. The number of rotatable bonds is 7. The quantitative estimate of drug-likeness (QED) is 0.625. The first-order chi connectivity index (χ1) is 10.1. The monoisotopic (exact) mass is 307 g/mol. The van der Waals surface area contributed by atoms with E-state index in [-0.39, 0.29) is 11.5 Å². The molecule has 112 valence electrons. The van der Waals surface area contributed by atoms with E-state index in [9.17, 15) is 10.1 Å². The second-order valence-electron chi connectivity index (χ2n) is 4.51. The fourth-order valence-electron chi connectivity index (χ4n) is 1.90. The minimum Gasteiger partial charge on any atom is -0.364 e. The Balaban J connectivity index is 2.30. The number of nitrogens with zero attached hydrogens (tertiary/aromatic N) is 4. The summed E-state index contributed by atoms with van der Waals surface area (Å²) in [4.78, 5) is 21.9. The summed E-state index contributed by atoms with van der Waals surface area (Å²) in [6.45, 7) is 3.19. The van der Waals surface area contributed by atoms with E-state index in [1.165, 1.54) is 6.33 Å². The molecule has 0 aromatic carbocycles. The highest BCUT2D eigenvalue weighted by Gasteiger charge is 2.25. The van der Waals surface area contributed by atoms with E-state index in [0.717, 1.165) is 11.3 Å². The Morgan fingerprint density at radius 1 is 1.48 bits per heavy atom. The third-order valence-electron chi connectivity index (χ3n) is 2.86. The minimum atomic E-state index is -0.432. The van der Waals surface area contributed by atoms with Gasteiger partial charge in [0.1, 0.15) is 6.33 Å². The van der Waals surface area contributed by atoms with E-state index in [4.69, 9.17) is 0 Å². The van der Waals surface area contributed by atoms with E-state index in [1.54, 1.807) is 23.3 Å². The molecule has 8 heteroatoms. The topological polar surface area (TPSA) is 84.2 Å². The Morgan fingerprint density at radius 3 is 2.90 bits per heavy atom. The van der Waals surface area contributed by atoms with E-state index in [2.05, 4.69) is 15.3 Å². The maximum atomic E-state index is 11.4. The normalized spacial score (nSPS) is 10.4. The highest BCUT2D eigenvalue weighted by molar-refractivity contribution is 7.09. The van der Waals surface area contributed by atoms with E-state index >= 15 is 0 Å². The minimum absolute atomic E-state index is 0.0787. The Morgan fingerprint density at radius 2 is 2.29 bits per heavy atom. The molecule has 2 aromatic rings. The van der Waals surface area contributed by atoms with Gasteiger partial charge < -0.3 is 10.2 Å². The van der Waals surface area contributed by atoms with Gasteiger partial charge in [-0.25, -0.2) is 9.97 Å². The molecule has 0 aliphatic carbocycles. The molecule has 21 heavy (non-hydrogen) atoms. The molecule has 0 aliphatic heterocycles. The lowest BCUT2D eigenvalue weighted by Gasteiger charge is -2.18. The molecule has 0 saturated carbocycles. The van der Waals surface area contributed by atoms with Gasteiger partial charge in [0, 0.05) is 18.5 Å². The first kappa shape index (κ1) is 15.2. The average molecular weight is 307 g/mol. The zero-order valence-electron chi connectivity index (χ0n) is 11.9. The molecule has 2 aromatic heterocycles. The first-order valence-electron chi connectivity index (χ1n) is 6.60. The Hall–Kier alpha value is -2.22. The molecule has 0 amide bonds. The smallest absolute Gasteiger partial charge is 0.353 e. The third-order valence-corrected chi connectivity index (χ3v) is 3.72. The molecule has 0 fully saturated rings. The molecule has 0 bridgehead atoms. The molecule has 7 nitrogen and oxygen atoms in total. The number of nitro groups is 1. The van der Waals surface area contributed by atoms with Gasteiger partial charge in [-0.05, 0) is 17.9 Å². The van der Waals surface area contributed by atoms with Crippen LogP contribution in [0.15, 0.2) is 23.8 Å². The van der Waals surface area contributed by atoms with Crippen molar-refractivity contribution >= 4 is 28.7 Å². The fraction of sp³-hybridized carbons (Fsp3) is 0.385. The van der Waals surface area contributed by atoms with Crippen LogP contribution >= 0.6 is 11.3 Å². The summed E-state index contributed by atoms with van der Waals surface area (Å²) in [5.41, 5.74) is -0.0787. The van der Waals surface area contributed by atoms with Gasteiger partial charge in [-0.3, -0.25) is 10.1 Å². The van der Waals surface area contributed by atoms with E-state index < -0.39 is 4.92 Å². The zero-order valence-corrected chi connectivity index (χ0v) is 12.8. The van der Waals surface area contributed by atoms with Crippen molar-refractivity contribution in [1.29, 1.82) is 0 Å². The second-order valence-corrected chi connectivity index (χ2v) is 5.55. The Labute approximate surface area is 126 Å². The lowest BCUT2D eigenvalue weighted by molar-refractivity contribution is -0.383. The SMILES string of the molecule is CCCNc1ncnc(N(C)Cc2cccs2)c1[N+](=O)[O-]. The number of nitrogens with one attached hydrogen (secondary N) is 1. The number of aromatic nitrogens is 2. The van der Waals surface area contributed by atoms with Crippen molar-refractivity contribution in [2.24, 2.45) is 0 Å². The van der Waals surface area contributed by atoms with Crippen LogP contribution in [0, 0.1) is 10.1 Å². The Kier molecular flexibility index (Phi) is 5.04. The molecule has 1 N–H and O–H groups in total. The summed E-state index contributed by atoms with van der Waals surface area (Å²) in [7, 11) is 1.79. The van der Waals surface area contributed by atoms with Crippen LogP contribution in [-0.4, -0.2) is 28.5 Å². The van der Waals surface area contributed by atoms with Gasteiger partial charge in [-0.15, -0.1) is 11.3 Å². The van der Waals surface area contributed by atoms with Gasteiger partial charge in [0.2, 0.25) is 11.6 Å². The predicted molar refractivity (Wildman–Crippen MR) is 83.9 cm³/mol. The summed E-state index contributed by atoms with van der Waals surface area (Å²) >= 11 is 1.61. The average Bonchev–Trinajstić information content (AvgIpc) is 2.97. The molecule has 0 radical (unpaired) electrons. The molecule has 0 aliphatic rings. The zero-order chi connectivity index (χ0) is 15.2. The van der Waals surface area contributed by atoms with Crippen LogP contribution in [0.3, 0.4) is 0 Å².